The van der Waals surface area contributed by atoms with E-state index in [1.807, 2.05) is 0 Å². The first-order valence-corrected chi connectivity index (χ1v) is 13.5. The molecule has 4 saturated carbocycles. The Labute approximate surface area is 194 Å². The van der Waals surface area contributed by atoms with E-state index in [0.29, 0.717) is 29.6 Å². The van der Waals surface area contributed by atoms with Gasteiger partial charge in [-0.05, 0) is 84.7 Å². The van der Waals surface area contributed by atoms with E-state index in [2.05, 4.69) is 34.6 Å². The van der Waals surface area contributed by atoms with Crippen LogP contribution in [0.3, 0.4) is 0 Å². The van der Waals surface area contributed by atoms with Crippen LogP contribution in [0.25, 0.3) is 0 Å². The molecule has 2 unspecified atom stereocenters. The summed E-state index contributed by atoms with van der Waals surface area (Å²) in [6.07, 6.45) is 10.0. The molecule has 11 atom stereocenters. The largest absolute Gasteiger partial charge is 0.393 e. The summed E-state index contributed by atoms with van der Waals surface area (Å²) in [5.74, 6) is 3.80. The summed E-state index contributed by atoms with van der Waals surface area (Å²) < 4.78 is 0. The number of hydrogen-bond acceptors (Lipinski definition) is 4. The molecule has 0 bridgehead atoms. The van der Waals surface area contributed by atoms with Gasteiger partial charge in [0.15, 0.2) is 6.10 Å². The lowest BCUT2D eigenvalue weighted by Gasteiger charge is -2.69. The molecule has 0 aromatic heterocycles. The number of fused-ring (bicyclic) bond motifs is 8. The SMILES string of the molecule is CC(C)CCC[C@@H](C)[C@H]1CC[C@H]2[C@@H]3C4OOC4[C@@]4(O[O])C[C@@H](O)CC[C@]4(C)[C@H]3CC[C@]12C. The van der Waals surface area contributed by atoms with Crippen LogP contribution in [-0.2, 0) is 19.9 Å². The van der Waals surface area contributed by atoms with Gasteiger partial charge in [-0.15, -0.1) is 0 Å². The molecule has 5 nitrogen and oxygen atoms in total. The van der Waals surface area contributed by atoms with Crippen molar-refractivity contribution in [3.63, 3.8) is 0 Å². The third kappa shape index (κ3) is 3.13. The monoisotopic (exact) mass is 449 g/mol. The van der Waals surface area contributed by atoms with Crippen molar-refractivity contribution in [2.45, 2.75) is 123 Å². The molecular weight excluding hydrogens is 404 g/mol. The highest BCUT2D eigenvalue weighted by Gasteiger charge is 2.76. The first-order valence-electron chi connectivity index (χ1n) is 13.5. The molecule has 5 heteroatoms. The van der Waals surface area contributed by atoms with E-state index in [1.165, 1.54) is 38.5 Å². The average Bonchev–Trinajstić information content (AvgIpc) is 3.06. The normalized spacial score (nSPS) is 53.1. The summed E-state index contributed by atoms with van der Waals surface area (Å²) in [6, 6.07) is 0. The molecule has 0 aromatic rings. The zero-order chi connectivity index (χ0) is 22.9. The molecule has 0 aromatic carbocycles. The van der Waals surface area contributed by atoms with Crippen LogP contribution in [-0.4, -0.2) is 29.0 Å². The van der Waals surface area contributed by atoms with Crippen molar-refractivity contribution in [3.05, 3.63) is 0 Å². The van der Waals surface area contributed by atoms with Gasteiger partial charge in [-0.1, -0.05) is 53.9 Å². The maximum atomic E-state index is 12.3. The molecule has 5 fully saturated rings. The lowest BCUT2D eigenvalue weighted by molar-refractivity contribution is -0.566. The maximum absolute atomic E-state index is 12.3. The number of rotatable bonds is 6. The lowest BCUT2D eigenvalue weighted by Crippen LogP contribution is -2.78. The first kappa shape index (κ1) is 23.5. The Bertz CT molecular complexity index is 698. The van der Waals surface area contributed by atoms with Crippen molar-refractivity contribution in [2.75, 3.05) is 0 Å². The summed E-state index contributed by atoms with van der Waals surface area (Å²) in [7, 11) is 0. The Morgan fingerprint density at radius 3 is 2.44 bits per heavy atom. The van der Waals surface area contributed by atoms with E-state index in [4.69, 9.17) is 14.7 Å². The molecule has 5 aliphatic rings. The van der Waals surface area contributed by atoms with Crippen molar-refractivity contribution < 1.29 is 25.0 Å². The molecule has 5 rings (SSSR count). The minimum atomic E-state index is -0.968. The van der Waals surface area contributed by atoms with Gasteiger partial charge in [0.05, 0.1) is 6.10 Å². The average molecular weight is 450 g/mol. The fourth-order valence-electron chi connectivity index (χ4n) is 9.69. The Morgan fingerprint density at radius 2 is 1.78 bits per heavy atom. The van der Waals surface area contributed by atoms with Gasteiger partial charge in [0.2, 0.25) is 0 Å². The number of hydrogen-bond donors (Lipinski definition) is 1. The topological polar surface area (TPSA) is 67.8 Å². The third-order valence-corrected chi connectivity index (χ3v) is 11.4. The number of aliphatic hydroxyl groups excluding tert-OH is 1. The minimum Gasteiger partial charge on any atom is -0.393 e. The summed E-state index contributed by atoms with van der Waals surface area (Å²) in [6.45, 7) is 12.0. The van der Waals surface area contributed by atoms with Crippen molar-refractivity contribution in [3.8, 4) is 0 Å². The van der Waals surface area contributed by atoms with Crippen molar-refractivity contribution in [2.24, 2.45) is 46.3 Å². The van der Waals surface area contributed by atoms with Gasteiger partial charge in [0, 0.05) is 11.8 Å². The first-order chi connectivity index (χ1) is 15.2. The quantitative estimate of drug-likeness (QED) is 0.407. The van der Waals surface area contributed by atoms with Crippen LogP contribution in [0.2, 0.25) is 0 Å². The summed E-state index contributed by atoms with van der Waals surface area (Å²) >= 11 is 0. The molecule has 183 valence electrons. The second-order valence-corrected chi connectivity index (χ2v) is 13.2. The van der Waals surface area contributed by atoms with Crippen LogP contribution in [0.1, 0.15) is 98.8 Å². The fraction of sp³-hybridized carbons (Fsp3) is 1.00. The summed E-state index contributed by atoms with van der Waals surface area (Å²) in [4.78, 5) is 16.5. The van der Waals surface area contributed by atoms with Crippen molar-refractivity contribution in [1.82, 2.24) is 0 Å². The van der Waals surface area contributed by atoms with E-state index >= 15 is 0 Å². The smallest absolute Gasteiger partial charge is 0.155 e. The molecule has 0 spiro atoms. The molecule has 1 aliphatic heterocycles. The summed E-state index contributed by atoms with van der Waals surface area (Å²) in [5.41, 5.74) is -0.874. The highest BCUT2D eigenvalue weighted by atomic mass is 17.3. The van der Waals surface area contributed by atoms with Gasteiger partial charge in [-0.25, -0.2) is 9.78 Å². The van der Waals surface area contributed by atoms with Gasteiger partial charge >= 0.3 is 0 Å². The van der Waals surface area contributed by atoms with Gasteiger partial charge in [-0.2, -0.15) is 4.89 Å². The molecule has 1 heterocycles. The van der Waals surface area contributed by atoms with Gasteiger partial charge < -0.3 is 5.11 Å². The van der Waals surface area contributed by atoms with Crippen LogP contribution in [0.4, 0.5) is 0 Å². The van der Waals surface area contributed by atoms with Crippen molar-refractivity contribution in [1.29, 1.82) is 0 Å². The highest BCUT2D eigenvalue weighted by molar-refractivity contribution is 5.21. The van der Waals surface area contributed by atoms with E-state index in [1.54, 1.807) is 0 Å². The maximum Gasteiger partial charge on any atom is 0.155 e. The second-order valence-electron chi connectivity index (χ2n) is 13.2. The van der Waals surface area contributed by atoms with E-state index in [0.717, 1.165) is 37.0 Å². The van der Waals surface area contributed by atoms with Gasteiger partial charge in [0.25, 0.3) is 0 Å². The van der Waals surface area contributed by atoms with E-state index in [9.17, 15) is 10.4 Å². The van der Waals surface area contributed by atoms with Crippen LogP contribution in [0.5, 0.6) is 0 Å². The fourth-order valence-corrected chi connectivity index (χ4v) is 9.69. The zero-order valence-electron chi connectivity index (χ0n) is 20.8. The van der Waals surface area contributed by atoms with Gasteiger partial charge in [0.1, 0.15) is 11.7 Å². The Balaban J connectivity index is 1.41. The minimum absolute atomic E-state index is 0.0630. The number of aliphatic hydroxyl groups is 1. The molecule has 1 saturated heterocycles. The standard InChI is InChI=1S/C27H45O5/c1-16(2)7-6-8-17(3)19-9-10-20-22-21(12-13-25(19,20)4)26(5)14-11-18(28)15-27(26,32-29)24-23(22)30-31-24/h16-24,28H,6-15H2,1-5H3/t17-,18+,19-,20+,21+,22+,23?,24?,25-,26-,27+/m1/s1. The van der Waals surface area contributed by atoms with Crippen molar-refractivity contribution >= 4 is 0 Å². The molecule has 0 amide bonds. The van der Waals surface area contributed by atoms with Crippen LogP contribution >= 0.6 is 0 Å². The van der Waals surface area contributed by atoms with E-state index in [-0.39, 0.29) is 17.6 Å². The van der Waals surface area contributed by atoms with Gasteiger partial charge in [-0.3, -0.25) is 0 Å². The molecule has 32 heavy (non-hydrogen) atoms. The molecule has 4 aliphatic carbocycles. The zero-order valence-corrected chi connectivity index (χ0v) is 20.8. The predicted molar refractivity (Wildman–Crippen MR) is 121 cm³/mol. The predicted octanol–water partition coefficient (Wildman–Crippen LogP) is 5.87. The second kappa shape index (κ2) is 8.19. The Morgan fingerprint density at radius 1 is 1.00 bits per heavy atom. The highest BCUT2D eigenvalue weighted by Crippen LogP contribution is 2.71. The summed E-state index contributed by atoms with van der Waals surface area (Å²) in [5, 5.41) is 22.7. The van der Waals surface area contributed by atoms with Crippen LogP contribution < -0.4 is 0 Å². The Hall–Kier alpha value is -0.200. The molecule has 1 N–H and O–H groups in total. The Kier molecular flexibility index (Phi) is 6.02. The van der Waals surface area contributed by atoms with Crippen LogP contribution in [0, 0.1) is 46.3 Å². The third-order valence-electron chi connectivity index (χ3n) is 11.4. The molecular formula is C27H45O5. The molecule has 1 radical (unpaired) electrons. The van der Waals surface area contributed by atoms with Crippen LogP contribution in [0.15, 0.2) is 0 Å². The van der Waals surface area contributed by atoms with E-state index < -0.39 is 11.7 Å². The lowest BCUT2D eigenvalue weighted by atomic mass is 9.41.